The van der Waals surface area contributed by atoms with E-state index in [1.807, 2.05) is 18.2 Å². The van der Waals surface area contributed by atoms with Gasteiger partial charge in [0.15, 0.2) is 6.61 Å². The number of allylic oxidation sites excluding steroid dienone is 2. The van der Waals surface area contributed by atoms with E-state index < -0.39 is 0 Å². The molecule has 1 aromatic rings. The van der Waals surface area contributed by atoms with E-state index in [1.165, 1.54) is 24.8 Å². The van der Waals surface area contributed by atoms with Crippen LogP contribution in [-0.2, 0) is 16.2 Å². The lowest BCUT2D eigenvalue weighted by Gasteiger charge is -2.57. The first-order valence-corrected chi connectivity index (χ1v) is 12.6. The first-order valence-electron chi connectivity index (χ1n) is 12.6. The van der Waals surface area contributed by atoms with Crippen molar-refractivity contribution in [3.63, 3.8) is 0 Å². The number of amides is 1. The maximum atomic E-state index is 12.1. The number of pyridine rings is 1. The van der Waals surface area contributed by atoms with E-state index in [4.69, 9.17) is 4.84 Å². The lowest BCUT2D eigenvalue weighted by molar-refractivity contribution is -0.125. The molecule has 178 valence electrons. The Balaban J connectivity index is 1.19. The number of nitrogens with zero attached hydrogens (tertiary/aromatic N) is 2. The van der Waals surface area contributed by atoms with E-state index in [0.717, 1.165) is 49.4 Å². The Morgan fingerprint density at radius 1 is 1.18 bits per heavy atom. The van der Waals surface area contributed by atoms with Gasteiger partial charge in [-0.15, -0.1) is 0 Å². The van der Waals surface area contributed by atoms with Gasteiger partial charge in [-0.3, -0.25) is 9.78 Å². The number of oxime groups is 1. The minimum Gasteiger partial charge on any atom is -0.393 e. The van der Waals surface area contributed by atoms with E-state index >= 15 is 0 Å². The molecule has 6 atom stereocenters. The van der Waals surface area contributed by atoms with Crippen LogP contribution < -0.4 is 5.32 Å². The number of aromatic nitrogens is 1. The smallest absolute Gasteiger partial charge is 0.261 e. The summed E-state index contributed by atoms with van der Waals surface area (Å²) in [6.07, 6.45) is 12.7. The van der Waals surface area contributed by atoms with Crippen LogP contribution in [0.4, 0.5) is 0 Å². The van der Waals surface area contributed by atoms with Crippen LogP contribution >= 0.6 is 0 Å². The summed E-state index contributed by atoms with van der Waals surface area (Å²) in [6, 6.07) is 5.63. The van der Waals surface area contributed by atoms with Gasteiger partial charge in [-0.2, -0.15) is 0 Å². The van der Waals surface area contributed by atoms with Crippen LogP contribution in [0.15, 0.2) is 41.2 Å². The second kappa shape index (κ2) is 8.86. The Bertz CT molecular complexity index is 945. The topological polar surface area (TPSA) is 83.8 Å². The van der Waals surface area contributed by atoms with Crippen LogP contribution in [0.25, 0.3) is 0 Å². The van der Waals surface area contributed by atoms with Crippen molar-refractivity contribution in [1.29, 1.82) is 0 Å². The average Bonchev–Trinajstić information content (AvgIpc) is 3.13. The van der Waals surface area contributed by atoms with Gasteiger partial charge in [0.25, 0.3) is 5.91 Å². The van der Waals surface area contributed by atoms with E-state index in [2.05, 4.69) is 35.4 Å². The average molecular weight is 452 g/mol. The number of hydrogen-bond acceptors (Lipinski definition) is 5. The molecular weight excluding hydrogens is 414 g/mol. The molecule has 5 rings (SSSR count). The highest BCUT2D eigenvalue weighted by Crippen LogP contribution is 2.65. The molecule has 33 heavy (non-hydrogen) atoms. The minimum atomic E-state index is -0.192. The van der Waals surface area contributed by atoms with E-state index in [1.54, 1.807) is 6.20 Å². The van der Waals surface area contributed by atoms with Crippen molar-refractivity contribution in [2.75, 3.05) is 6.61 Å². The highest BCUT2D eigenvalue weighted by atomic mass is 16.6. The molecule has 0 radical (unpaired) electrons. The second-order valence-electron chi connectivity index (χ2n) is 11.1. The molecule has 3 saturated carbocycles. The number of nitrogens with one attached hydrogen (secondary N) is 1. The molecule has 2 N–H and O–H groups in total. The van der Waals surface area contributed by atoms with Crippen molar-refractivity contribution < 1.29 is 14.7 Å². The molecule has 0 aliphatic heterocycles. The predicted molar refractivity (Wildman–Crippen MR) is 127 cm³/mol. The van der Waals surface area contributed by atoms with E-state index in [9.17, 15) is 9.90 Å². The van der Waals surface area contributed by atoms with E-state index in [0.29, 0.717) is 18.4 Å². The van der Waals surface area contributed by atoms with Gasteiger partial charge in [-0.25, -0.2) is 0 Å². The lowest BCUT2D eigenvalue weighted by Crippen LogP contribution is -2.51. The Morgan fingerprint density at radius 2 is 2.06 bits per heavy atom. The van der Waals surface area contributed by atoms with Crippen molar-refractivity contribution in [1.82, 2.24) is 10.3 Å². The van der Waals surface area contributed by atoms with Gasteiger partial charge < -0.3 is 15.3 Å². The standard InChI is InChI=1S/C27H37N3O3/c1-26-12-10-19(30-33-17-25(32)29-16-20-5-3-4-14-28-20)15-18(26)6-7-21-22-8-9-24(31)27(22,2)13-11-23(21)26/h3-5,14-15,21-24,31H,6-13,16-17H2,1-2H3,(H,29,32)/t21-,22+,23-,24+,26+,27+/m1/s1. The van der Waals surface area contributed by atoms with Gasteiger partial charge >= 0.3 is 0 Å². The van der Waals surface area contributed by atoms with Gasteiger partial charge in [0.2, 0.25) is 0 Å². The summed E-state index contributed by atoms with van der Waals surface area (Å²) in [5.41, 5.74) is 3.65. The molecule has 0 aromatic carbocycles. The van der Waals surface area contributed by atoms with Gasteiger partial charge in [-0.05, 0) is 98.2 Å². The molecule has 3 fully saturated rings. The third-order valence-corrected chi connectivity index (χ3v) is 9.50. The number of rotatable bonds is 5. The van der Waals surface area contributed by atoms with E-state index in [-0.39, 0.29) is 29.4 Å². The number of carbonyl (C=O) groups is 1. The fourth-order valence-corrected chi connectivity index (χ4v) is 7.53. The third-order valence-electron chi connectivity index (χ3n) is 9.50. The minimum absolute atomic E-state index is 0.0793. The maximum Gasteiger partial charge on any atom is 0.261 e. The lowest BCUT2D eigenvalue weighted by atomic mass is 9.47. The molecule has 4 aliphatic carbocycles. The van der Waals surface area contributed by atoms with Crippen LogP contribution in [0.5, 0.6) is 0 Å². The molecule has 6 nitrogen and oxygen atoms in total. The van der Waals surface area contributed by atoms with Crippen LogP contribution in [0, 0.1) is 28.6 Å². The first-order chi connectivity index (χ1) is 15.9. The zero-order chi connectivity index (χ0) is 23.1. The quantitative estimate of drug-likeness (QED) is 0.650. The Labute approximate surface area is 196 Å². The summed E-state index contributed by atoms with van der Waals surface area (Å²) in [5.74, 6) is 1.93. The normalized spacial score (nSPS) is 38.6. The summed E-state index contributed by atoms with van der Waals surface area (Å²) >= 11 is 0. The Morgan fingerprint density at radius 3 is 2.88 bits per heavy atom. The summed E-state index contributed by atoms with van der Waals surface area (Å²) in [6.45, 7) is 5.12. The number of hydrogen-bond donors (Lipinski definition) is 2. The highest BCUT2D eigenvalue weighted by Gasteiger charge is 2.58. The largest absolute Gasteiger partial charge is 0.393 e. The van der Waals surface area contributed by atoms with Crippen molar-refractivity contribution >= 4 is 11.6 Å². The van der Waals surface area contributed by atoms with Gasteiger partial charge in [0, 0.05) is 6.20 Å². The Kier molecular flexibility index (Phi) is 6.06. The maximum absolute atomic E-state index is 12.1. The first kappa shape index (κ1) is 22.6. The molecule has 0 bridgehead atoms. The summed E-state index contributed by atoms with van der Waals surface area (Å²) < 4.78 is 0. The molecule has 0 unspecified atom stereocenters. The van der Waals surface area contributed by atoms with Crippen molar-refractivity contribution in [2.45, 2.75) is 77.9 Å². The van der Waals surface area contributed by atoms with Crippen molar-refractivity contribution in [2.24, 2.45) is 33.7 Å². The second-order valence-corrected chi connectivity index (χ2v) is 11.1. The third kappa shape index (κ3) is 4.11. The molecule has 1 heterocycles. The fraction of sp³-hybridized carbons (Fsp3) is 0.667. The summed E-state index contributed by atoms with van der Waals surface area (Å²) in [4.78, 5) is 21.7. The molecule has 6 heteroatoms. The summed E-state index contributed by atoms with van der Waals surface area (Å²) in [5, 5.41) is 17.8. The van der Waals surface area contributed by atoms with Crippen LogP contribution in [0.3, 0.4) is 0 Å². The highest BCUT2D eigenvalue weighted by molar-refractivity contribution is 5.96. The molecule has 1 aromatic heterocycles. The number of fused-ring (bicyclic) bond motifs is 5. The van der Waals surface area contributed by atoms with Crippen molar-refractivity contribution in [3.8, 4) is 0 Å². The molecular formula is C27H37N3O3. The number of carbonyl (C=O) groups excluding carboxylic acids is 1. The fourth-order valence-electron chi connectivity index (χ4n) is 7.53. The predicted octanol–water partition coefficient (Wildman–Crippen LogP) is 4.39. The van der Waals surface area contributed by atoms with Crippen LogP contribution in [0.1, 0.15) is 70.9 Å². The molecule has 1 amide bonds. The molecule has 0 saturated heterocycles. The van der Waals surface area contributed by atoms with Crippen LogP contribution in [0.2, 0.25) is 0 Å². The van der Waals surface area contributed by atoms with Crippen molar-refractivity contribution in [3.05, 3.63) is 41.7 Å². The Hall–Kier alpha value is -2.21. The zero-order valence-corrected chi connectivity index (χ0v) is 19.9. The van der Waals surface area contributed by atoms with Crippen LogP contribution in [-0.4, -0.2) is 34.4 Å². The van der Waals surface area contributed by atoms with Gasteiger partial charge in [-0.1, -0.05) is 30.6 Å². The SMILES string of the molecule is C[C@]12CC[C@@H]3[C@H](CCC4=CC(=NOCC(=O)NCc5ccccn5)CC[C@@]43C)[C@@H]1CC[C@@H]2O. The van der Waals surface area contributed by atoms with Gasteiger partial charge in [0.05, 0.1) is 24.1 Å². The number of aliphatic hydroxyl groups excluding tert-OH is 1. The molecule has 4 aliphatic rings. The summed E-state index contributed by atoms with van der Waals surface area (Å²) in [7, 11) is 0. The zero-order valence-electron chi connectivity index (χ0n) is 19.9. The van der Waals surface area contributed by atoms with Gasteiger partial charge in [0.1, 0.15) is 0 Å². The number of aliphatic hydroxyl groups is 1. The molecule has 0 spiro atoms. The monoisotopic (exact) mass is 451 g/mol.